The van der Waals surface area contributed by atoms with Gasteiger partial charge in [0.05, 0.1) is 6.04 Å². The van der Waals surface area contributed by atoms with Crippen LogP contribution in [0.1, 0.15) is 53.8 Å². The molecule has 180 valence electrons. The minimum atomic E-state index is -4.54. The third-order valence-corrected chi connectivity index (χ3v) is 6.37. The number of hydrogen-bond acceptors (Lipinski definition) is 5. The van der Waals surface area contributed by atoms with Crippen LogP contribution in [0.25, 0.3) is 0 Å². The van der Waals surface area contributed by atoms with E-state index in [1.165, 1.54) is 0 Å². The normalized spacial score (nSPS) is 23.3. The van der Waals surface area contributed by atoms with Gasteiger partial charge in [-0.15, -0.1) is 0 Å². The molecule has 1 amide bonds. The number of hydrogen-bond donors (Lipinski definition) is 3. The number of fused-ring (bicyclic) bond motifs is 1. The van der Waals surface area contributed by atoms with Crippen LogP contribution >= 0.6 is 11.6 Å². The molecule has 3 N–H and O–H groups in total. The summed E-state index contributed by atoms with van der Waals surface area (Å²) in [6, 6.07) is 6.66. The number of rotatable bonds is 6. The van der Waals surface area contributed by atoms with Gasteiger partial charge in [0, 0.05) is 38.8 Å². The van der Waals surface area contributed by atoms with Gasteiger partial charge in [-0.2, -0.15) is 18.3 Å². The molecule has 2 aliphatic heterocycles. The molecule has 11 heteroatoms. The standard InChI is InChI=1S/C22H27ClF3N5O2/c23-18-19(21(32)28-10-9-27-15-7-4-11-33-12-8-15)30-31-17(22(24,25)26)13-16(29-20(18)31)14-5-2-1-3-6-14/h1-3,5-6,15-17,27,29H,4,7-13H2,(H,28,32). The number of benzene rings is 1. The molecule has 1 saturated heterocycles. The van der Waals surface area contributed by atoms with Crippen LogP contribution in [0, 0.1) is 0 Å². The maximum Gasteiger partial charge on any atom is 0.410 e. The molecule has 0 aliphatic carbocycles. The van der Waals surface area contributed by atoms with Crippen LogP contribution in [-0.2, 0) is 4.74 Å². The molecule has 1 aromatic carbocycles. The van der Waals surface area contributed by atoms with Crippen molar-refractivity contribution in [2.24, 2.45) is 0 Å². The number of carbonyl (C=O) groups is 1. The van der Waals surface area contributed by atoms with E-state index < -0.39 is 24.2 Å². The number of nitrogens with zero attached hydrogens (tertiary/aromatic N) is 2. The Bertz CT molecular complexity index is 945. The lowest BCUT2D eigenvalue weighted by molar-refractivity contribution is -0.173. The highest BCUT2D eigenvalue weighted by Crippen LogP contribution is 2.46. The fourth-order valence-electron chi connectivity index (χ4n) is 4.28. The van der Waals surface area contributed by atoms with E-state index in [9.17, 15) is 18.0 Å². The molecule has 0 saturated carbocycles. The second kappa shape index (κ2) is 10.3. The molecule has 33 heavy (non-hydrogen) atoms. The highest BCUT2D eigenvalue weighted by Gasteiger charge is 2.47. The first-order valence-electron chi connectivity index (χ1n) is 11.1. The molecule has 3 atom stereocenters. The van der Waals surface area contributed by atoms with Crippen molar-refractivity contribution in [2.75, 3.05) is 31.6 Å². The molecule has 1 aromatic heterocycles. The van der Waals surface area contributed by atoms with Crippen molar-refractivity contribution in [1.82, 2.24) is 20.4 Å². The van der Waals surface area contributed by atoms with Gasteiger partial charge in [-0.1, -0.05) is 41.9 Å². The predicted octanol–water partition coefficient (Wildman–Crippen LogP) is 4.09. The Morgan fingerprint density at radius 2 is 2.00 bits per heavy atom. The summed E-state index contributed by atoms with van der Waals surface area (Å²) < 4.78 is 47.8. The van der Waals surface area contributed by atoms with Crippen molar-refractivity contribution in [1.29, 1.82) is 0 Å². The van der Waals surface area contributed by atoms with Crippen molar-refractivity contribution in [2.45, 2.75) is 50.0 Å². The molecule has 3 unspecified atom stereocenters. The molecule has 3 heterocycles. The fraction of sp³-hybridized carbons (Fsp3) is 0.545. The molecule has 0 bridgehead atoms. The van der Waals surface area contributed by atoms with Crippen LogP contribution in [0.5, 0.6) is 0 Å². The van der Waals surface area contributed by atoms with E-state index in [0.717, 1.165) is 30.6 Å². The van der Waals surface area contributed by atoms with E-state index >= 15 is 0 Å². The van der Waals surface area contributed by atoms with Gasteiger partial charge in [0.2, 0.25) is 0 Å². The number of anilines is 1. The molecule has 2 aromatic rings. The van der Waals surface area contributed by atoms with E-state index in [-0.39, 0.29) is 23.0 Å². The number of halogens is 4. The number of aromatic nitrogens is 2. The minimum absolute atomic E-state index is 0.000764. The summed E-state index contributed by atoms with van der Waals surface area (Å²) in [6.45, 7) is 2.30. The van der Waals surface area contributed by atoms with Gasteiger partial charge < -0.3 is 20.7 Å². The number of amides is 1. The number of alkyl halides is 3. The first-order chi connectivity index (χ1) is 15.8. The largest absolute Gasteiger partial charge is 0.410 e. The van der Waals surface area contributed by atoms with Crippen LogP contribution in [0.4, 0.5) is 19.0 Å². The fourth-order valence-corrected chi connectivity index (χ4v) is 4.55. The predicted molar refractivity (Wildman–Crippen MR) is 119 cm³/mol. The highest BCUT2D eigenvalue weighted by molar-refractivity contribution is 6.36. The van der Waals surface area contributed by atoms with E-state index in [1.54, 1.807) is 30.3 Å². The Morgan fingerprint density at radius 3 is 2.76 bits per heavy atom. The second-order valence-electron chi connectivity index (χ2n) is 8.31. The third kappa shape index (κ3) is 5.62. The summed E-state index contributed by atoms with van der Waals surface area (Å²) in [5.41, 5.74) is 0.487. The SMILES string of the molecule is O=C(NCCNC1CCCOCC1)c1nn2c(c1Cl)NC(c1ccccc1)CC2C(F)(F)F. The Hall–Kier alpha value is -2.30. The molecule has 2 aliphatic rings. The zero-order valence-electron chi connectivity index (χ0n) is 18.0. The first kappa shape index (κ1) is 23.8. The van der Waals surface area contributed by atoms with Crippen molar-refractivity contribution >= 4 is 23.3 Å². The summed E-state index contributed by atoms with van der Waals surface area (Å²) in [5.74, 6) is -0.604. The van der Waals surface area contributed by atoms with E-state index in [0.29, 0.717) is 31.3 Å². The third-order valence-electron chi connectivity index (χ3n) is 6.01. The van der Waals surface area contributed by atoms with Crippen LogP contribution in [0.3, 0.4) is 0 Å². The van der Waals surface area contributed by atoms with Crippen LogP contribution in [0.2, 0.25) is 5.02 Å². The van der Waals surface area contributed by atoms with Crippen LogP contribution < -0.4 is 16.0 Å². The van der Waals surface area contributed by atoms with Gasteiger partial charge in [0.15, 0.2) is 11.7 Å². The van der Waals surface area contributed by atoms with Crippen molar-refractivity contribution < 1.29 is 22.7 Å². The number of nitrogens with one attached hydrogen (secondary N) is 3. The average molecular weight is 486 g/mol. The molecule has 0 radical (unpaired) electrons. The lowest BCUT2D eigenvalue weighted by atomic mass is 9.97. The summed E-state index contributed by atoms with van der Waals surface area (Å²) in [7, 11) is 0. The molecule has 4 rings (SSSR count). The Kier molecular flexibility index (Phi) is 7.45. The van der Waals surface area contributed by atoms with Gasteiger partial charge in [0.25, 0.3) is 5.91 Å². The van der Waals surface area contributed by atoms with Crippen molar-refractivity contribution in [3.05, 3.63) is 46.6 Å². The van der Waals surface area contributed by atoms with Crippen molar-refractivity contribution in [3.63, 3.8) is 0 Å². The van der Waals surface area contributed by atoms with Gasteiger partial charge in [-0.05, 0) is 24.8 Å². The highest BCUT2D eigenvalue weighted by atomic mass is 35.5. The molecule has 7 nitrogen and oxygen atoms in total. The van der Waals surface area contributed by atoms with E-state index in [4.69, 9.17) is 16.3 Å². The number of carbonyl (C=O) groups excluding carboxylic acids is 1. The Labute approximate surface area is 195 Å². The summed E-state index contributed by atoms with van der Waals surface area (Å²) >= 11 is 6.35. The van der Waals surface area contributed by atoms with Gasteiger partial charge in [-0.3, -0.25) is 4.79 Å². The summed E-state index contributed by atoms with van der Waals surface area (Å²) in [6.07, 6.45) is -1.91. The first-order valence-corrected chi connectivity index (χ1v) is 11.5. The Balaban J connectivity index is 1.45. The van der Waals surface area contributed by atoms with Gasteiger partial charge in [-0.25, -0.2) is 4.68 Å². The van der Waals surface area contributed by atoms with E-state index in [1.807, 2.05) is 0 Å². The van der Waals surface area contributed by atoms with Gasteiger partial charge in [0.1, 0.15) is 10.8 Å². The Morgan fingerprint density at radius 1 is 1.21 bits per heavy atom. The zero-order chi connectivity index (χ0) is 23.4. The summed E-state index contributed by atoms with van der Waals surface area (Å²) in [5, 5.41) is 13.0. The molecule has 0 spiro atoms. The average Bonchev–Trinajstić information content (AvgIpc) is 2.96. The molecular weight excluding hydrogens is 459 g/mol. The quantitative estimate of drug-likeness (QED) is 0.537. The number of ether oxygens (including phenoxy) is 1. The lowest BCUT2D eigenvalue weighted by Crippen LogP contribution is -2.37. The van der Waals surface area contributed by atoms with E-state index in [2.05, 4.69) is 21.0 Å². The summed E-state index contributed by atoms with van der Waals surface area (Å²) in [4.78, 5) is 12.7. The van der Waals surface area contributed by atoms with Crippen LogP contribution in [0.15, 0.2) is 30.3 Å². The zero-order valence-corrected chi connectivity index (χ0v) is 18.8. The smallest absolute Gasteiger partial charge is 0.381 e. The van der Waals surface area contributed by atoms with Crippen LogP contribution in [-0.4, -0.2) is 54.2 Å². The monoisotopic (exact) mass is 485 g/mol. The maximum absolute atomic E-state index is 13.9. The lowest BCUT2D eigenvalue weighted by Gasteiger charge is -2.33. The second-order valence-corrected chi connectivity index (χ2v) is 8.68. The molecular formula is C22H27ClF3N5O2. The molecule has 1 fully saturated rings. The maximum atomic E-state index is 13.9. The van der Waals surface area contributed by atoms with Crippen molar-refractivity contribution in [3.8, 4) is 0 Å². The topological polar surface area (TPSA) is 80.2 Å². The minimum Gasteiger partial charge on any atom is -0.381 e. The van der Waals surface area contributed by atoms with Gasteiger partial charge >= 0.3 is 6.18 Å².